The van der Waals surface area contributed by atoms with Crippen LogP contribution in [0, 0.1) is 0 Å². The molecule has 0 fully saturated rings. The van der Waals surface area contributed by atoms with Crippen LogP contribution in [0.3, 0.4) is 0 Å². The molecule has 0 aliphatic rings. The summed E-state index contributed by atoms with van der Waals surface area (Å²) in [5, 5.41) is 0. The highest BCUT2D eigenvalue weighted by atomic mass is 19.4. The lowest BCUT2D eigenvalue weighted by Gasteiger charge is -2.11. The summed E-state index contributed by atoms with van der Waals surface area (Å²) in [5.41, 5.74) is 0.266. The summed E-state index contributed by atoms with van der Waals surface area (Å²) in [6, 6.07) is 8.31. The molecule has 5 heteroatoms. The van der Waals surface area contributed by atoms with E-state index >= 15 is 0 Å². The van der Waals surface area contributed by atoms with Crippen LogP contribution >= 0.6 is 0 Å². The lowest BCUT2D eigenvalue weighted by atomic mass is 10.00. The molecule has 0 amide bonds. The molecular weight excluding hydrogens is 279 g/mol. The van der Waals surface area contributed by atoms with Crippen molar-refractivity contribution in [2.24, 2.45) is 0 Å². The molecule has 2 aromatic rings. The third-order valence-electron chi connectivity index (χ3n) is 3.17. The summed E-state index contributed by atoms with van der Waals surface area (Å²) < 4.78 is 38.6. The van der Waals surface area contributed by atoms with E-state index in [4.69, 9.17) is 0 Å². The van der Waals surface area contributed by atoms with Gasteiger partial charge >= 0.3 is 6.18 Å². The molecule has 110 valence electrons. The smallest absolute Gasteiger partial charge is 0.294 e. The van der Waals surface area contributed by atoms with Gasteiger partial charge in [0.05, 0.1) is 12.0 Å². The second-order valence-electron chi connectivity index (χ2n) is 4.65. The quantitative estimate of drug-likeness (QED) is 0.795. The largest absolute Gasteiger partial charge is 0.417 e. The zero-order valence-corrected chi connectivity index (χ0v) is 11.4. The number of aryl methyl sites for hydroxylation is 1. The fourth-order valence-corrected chi connectivity index (χ4v) is 2.00. The van der Waals surface area contributed by atoms with Crippen molar-refractivity contribution in [3.8, 4) is 0 Å². The van der Waals surface area contributed by atoms with Gasteiger partial charge in [-0.3, -0.25) is 9.78 Å². The van der Waals surface area contributed by atoms with Crippen molar-refractivity contribution in [3.63, 3.8) is 0 Å². The van der Waals surface area contributed by atoms with E-state index < -0.39 is 17.5 Å². The summed E-state index contributed by atoms with van der Waals surface area (Å²) >= 11 is 0. The summed E-state index contributed by atoms with van der Waals surface area (Å²) in [5.74, 6) is -0.584. The van der Waals surface area contributed by atoms with Gasteiger partial charge in [-0.05, 0) is 24.1 Å². The molecule has 0 spiro atoms. The van der Waals surface area contributed by atoms with Gasteiger partial charge in [0, 0.05) is 17.5 Å². The third-order valence-corrected chi connectivity index (χ3v) is 3.17. The number of rotatable bonds is 4. The van der Waals surface area contributed by atoms with Crippen LogP contribution < -0.4 is 0 Å². The van der Waals surface area contributed by atoms with E-state index in [1.54, 1.807) is 12.3 Å². The number of halogens is 3. The molecule has 0 bridgehead atoms. The molecule has 0 saturated carbocycles. The van der Waals surface area contributed by atoms with E-state index in [1.165, 1.54) is 18.2 Å². The average Bonchev–Trinajstić information content (AvgIpc) is 2.47. The maximum atomic E-state index is 12.9. The van der Waals surface area contributed by atoms with Crippen LogP contribution in [0.15, 0.2) is 42.6 Å². The Morgan fingerprint density at radius 3 is 2.43 bits per heavy atom. The topological polar surface area (TPSA) is 30.0 Å². The molecule has 0 aliphatic carbocycles. The van der Waals surface area contributed by atoms with Crippen molar-refractivity contribution in [3.05, 3.63) is 65.0 Å². The molecule has 1 aromatic carbocycles. The maximum Gasteiger partial charge on any atom is 0.417 e. The molecule has 0 N–H and O–H groups in total. The Balaban J connectivity index is 2.24. The van der Waals surface area contributed by atoms with Gasteiger partial charge in [0.2, 0.25) is 0 Å². The Labute approximate surface area is 120 Å². The van der Waals surface area contributed by atoms with Crippen LogP contribution in [0.4, 0.5) is 13.2 Å². The van der Waals surface area contributed by atoms with Gasteiger partial charge in [-0.1, -0.05) is 31.2 Å². The van der Waals surface area contributed by atoms with Crippen molar-refractivity contribution in [1.82, 2.24) is 4.98 Å². The normalized spacial score (nSPS) is 11.4. The Kier molecular flexibility index (Phi) is 4.40. The molecule has 0 saturated heterocycles. The number of aromatic nitrogens is 1. The van der Waals surface area contributed by atoms with Gasteiger partial charge in [0.25, 0.3) is 0 Å². The molecule has 0 aliphatic heterocycles. The number of benzene rings is 1. The molecule has 0 radical (unpaired) electrons. The predicted octanol–water partition coefficient (Wildman–Crippen LogP) is 4.09. The number of hydrogen-bond acceptors (Lipinski definition) is 2. The van der Waals surface area contributed by atoms with E-state index in [0.717, 1.165) is 18.1 Å². The van der Waals surface area contributed by atoms with E-state index in [0.29, 0.717) is 5.69 Å². The number of pyridine rings is 1. The first-order valence-electron chi connectivity index (χ1n) is 6.55. The van der Waals surface area contributed by atoms with Crippen molar-refractivity contribution in [2.45, 2.75) is 25.9 Å². The molecule has 2 nitrogen and oxygen atoms in total. The minimum absolute atomic E-state index is 0.142. The minimum Gasteiger partial charge on any atom is -0.294 e. The number of ketones is 1. The van der Waals surface area contributed by atoms with Gasteiger partial charge in [-0.2, -0.15) is 13.2 Å². The van der Waals surface area contributed by atoms with E-state index in [9.17, 15) is 18.0 Å². The van der Waals surface area contributed by atoms with Crippen LogP contribution in [0.2, 0.25) is 0 Å². The number of alkyl halides is 3. The standard InChI is InChI=1S/C16H14F3NO/c1-2-11-7-8-12(20-10-11)9-15(21)13-5-3-4-6-14(13)16(17,18)19/h3-8,10H,2,9H2,1H3. The monoisotopic (exact) mass is 293 g/mol. The predicted molar refractivity (Wildman–Crippen MR) is 73.1 cm³/mol. The second-order valence-corrected chi connectivity index (χ2v) is 4.65. The van der Waals surface area contributed by atoms with Crippen LogP contribution in [-0.4, -0.2) is 10.8 Å². The second kappa shape index (κ2) is 6.08. The average molecular weight is 293 g/mol. The van der Waals surface area contributed by atoms with Gasteiger partial charge < -0.3 is 0 Å². The highest BCUT2D eigenvalue weighted by Crippen LogP contribution is 2.32. The molecule has 0 atom stereocenters. The first kappa shape index (κ1) is 15.2. The summed E-state index contributed by atoms with van der Waals surface area (Å²) in [7, 11) is 0. The number of carbonyl (C=O) groups is 1. The van der Waals surface area contributed by atoms with Crippen LogP contribution in [0.5, 0.6) is 0 Å². The minimum atomic E-state index is -4.54. The molecule has 1 aromatic heterocycles. The third kappa shape index (κ3) is 3.68. The van der Waals surface area contributed by atoms with Crippen molar-refractivity contribution >= 4 is 5.78 Å². The molecule has 0 unspecified atom stereocenters. The zero-order valence-electron chi connectivity index (χ0n) is 11.4. The van der Waals surface area contributed by atoms with Gasteiger partial charge in [-0.15, -0.1) is 0 Å². The Morgan fingerprint density at radius 1 is 1.14 bits per heavy atom. The first-order valence-corrected chi connectivity index (χ1v) is 6.55. The van der Waals surface area contributed by atoms with E-state index in [-0.39, 0.29) is 12.0 Å². The Bertz CT molecular complexity index is 633. The number of hydrogen-bond donors (Lipinski definition) is 0. The summed E-state index contributed by atoms with van der Waals surface area (Å²) in [6.07, 6.45) is -2.22. The fraction of sp³-hybridized carbons (Fsp3) is 0.250. The highest BCUT2D eigenvalue weighted by Gasteiger charge is 2.34. The Hall–Kier alpha value is -2.17. The summed E-state index contributed by atoms with van der Waals surface area (Å²) in [6.45, 7) is 1.97. The van der Waals surface area contributed by atoms with Gasteiger partial charge in [-0.25, -0.2) is 0 Å². The number of nitrogens with zero attached hydrogens (tertiary/aromatic N) is 1. The van der Waals surface area contributed by atoms with Crippen molar-refractivity contribution in [2.75, 3.05) is 0 Å². The summed E-state index contributed by atoms with van der Waals surface area (Å²) in [4.78, 5) is 16.2. The van der Waals surface area contributed by atoms with Crippen LogP contribution in [0.1, 0.15) is 34.1 Å². The van der Waals surface area contributed by atoms with Crippen LogP contribution in [0.25, 0.3) is 0 Å². The molecular formula is C16H14F3NO. The Morgan fingerprint density at radius 2 is 1.86 bits per heavy atom. The van der Waals surface area contributed by atoms with Gasteiger partial charge in [0.1, 0.15) is 0 Å². The van der Waals surface area contributed by atoms with E-state index in [1.807, 2.05) is 13.0 Å². The lowest BCUT2D eigenvalue weighted by Crippen LogP contribution is -2.14. The molecule has 21 heavy (non-hydrogen) atoms. The number of carbonyl (C=O) groups excluding carboxylic acids is 1. The van der Waals surface area contributed by atoms with Crippen molar-refractivity contribution in [1.29, 1.82) is 0 Å². The highest BCUT2D eigenvalue weighted by molar-refractivity contribution is 5.98. The van der Waals surface area contributed by atoms with Crippen LogP contribution in [-0.2, 0) is 19.0 Å². The maximum absolute atomic E-state index is 12.9. The zero-order chi connectivity index (χ0) is 15.5. The fourth-order valence-electron chi connectivity index (χ4n) is 2.00. The lowest BCUT2D eigenvalue weighted by molar-refractivity contribution is -0.137. The molecule has 1 heterocycles. The van der Waals surface area contributed by atoms with Gasteiger partial charge in [0.15, 0.2) is 5.78 Å². The SMILES string of the molecule is CCc1ccc(CC(=O)c2ccccc2C(F)(F)F)nc1. The number of Topliss-reactive ketones (excluding diaryl/α,β-unsaturated/α-hetero) is 1. The van der Waals surface area contributed by atoms with Crippen molar-refractivity contribution < 1.29 is 18.0 Å². The van der Waals surface area contributed by atoms with E-state index in [2.05, 4.69) is 4.98 Å². The molecule has 2 rings (SSSR count). The first-order chi connectivity index (χ1) is 9.91.